The summed E-state index contributed by atoms with van der Waals surface area (Å²) in [5.41, 5.74) is -0.670. The fourth-order valence-electron chi connectivity index (χ4n) is 2.62. The van der Waals surface area contributed by atoms with Crippen molar-refractivity contribution >= 4 is 45.3 Å². The van der Waals surface area contributed by atoms with Crippen LogP contribution in [0.15, 0.2) is 63.0 Å². The molecule has 0 atom stereocenters. The van der Waals surface area contributed by atoms with Crippen molar-refractivity contribution in [3.8, 4) is 11.4 Å². The molecular formula is C21H21BrClN3O4S. The van der Waals surface area contributed by atoms with Crippen LogP contribution in [0.25, 0.3) is 5.69 Å². The molecule has 0 N–H and O–H groups in total. The van der Waals surface area contributed by atoms with Gasteiger partial charge in [0.2, 0.25) is 0 Å². The van der Waals surface area contributed by atoms with Crippen LogP contribution in [0.2, 0.25) is 5.02 Å². The molecule has 0 saturated carbocycles. The number of carbonyl (C=O) groups is 1. The molecule has 3 aromatic rings. The van der Waals surface area contributed by atoms with Gasteiger partial charge >= 0.3 is 11.7 Å². The Morgan fingerprint density at radius 3 is 2.58 bits per heavy atom. The second-order valence-corrected chi connectivity index (χ2v) is 9.30. The molecule has 0 bridgehead atoms. The zero-order valence-corrected chi connectivity index (χ0v) is 20.3. The van der Waals surface area contributed by atoms with Gasteiger partial charge in [0.1, 0.15) is 12.1 Å². The monoisotopic (exact) mass is 525 g/mol. The summed E-state index contributed by atoms with van der Waals surface area (Å²) in [6, 6.07) is 12.6. The van der Waals surface area contributed by atoms with Crippen molar-refractivity contribution in [3.05, 3.63) is 68.8 Å². The van der Waals surface area contributed by atoms with Crippen molar-refractivity contribution in [1.29, 1.82) is 0 Å². The van der Waals surface area contributed by atoms with Gasteiger partial charge in [-0.05, 0) is 63.2 Å². The van der Waals surface area contributed by atoms with Crippen LogP contribution in [0, 0.1) is 0 Å². The van der Waals surface area contributed by atoms with E-state index in [1.807, 2.05) is 30.3 Å². The van der Waals surface area contributed by atoms with E-state index in [0.29, 0.717) is 16.6 Å². The number of aromatic nitrogens is 3. The number of nitrogens with zero attached hydrogens (tertiary/aromatic N) is 3. The summed E-state index contributed by atoms with van der Waals surface area (Å²) in [7, 11) is 0. The van der Waals surface area contributed by atoms with Gasteiger partial charge in [-0.1, -0.05) is 27.5 Å². The highest BCUT2D eigenvalue weighted by Gasteiger charge is 2.32. The smallest absolute Gasteiger partial charge is 0.351 e. The Kier molecular flexibility index (Phi) is 7.51. The molecule has 0 unspecified atom stereocenters. The lowest BCUT2D eigenvalue weighted by Gasteiger charge is -2.24. The van der Waals surface area contributed by atoms with E-state index < -0.39 is 11.6 Å². The van der Waals surface area contributed by atoms with Crippen LogP contribution in [-0.4, -0.2) is 32.5 Å². The molecule has 0 radical (unpaired) electrons. The van der Waals surface area contributed by atoms with Gasteiger partial charge in [0, 0.05) is 9.37 Å². The van der Waals surface area contributed by atoms with Gasteiger partial charge in [-0.2, -0.15) is 5.10 Å². The summed E-state index contributed by atoms with van der Waals surface area (Å²) in [5.74, 6) is 0.221. The Hall–Kier alpha value is -2.23. The van der Waals surface area contributed by atoms with Crippen molar-refractivity contribution in [1.82, 2.24) is 14.3 Å². The van der Waals surface area contributed by atoms with Crippen molar-refractivity contribution in [2.24, 2.45) is 0 Å². The van der Waals surface area contributed by atoms with E-state index in [9.17, 15) is 9.59 Å². The fraction of sp³-hybridized carbons (Fsp3) is 0.286. The second-order valence-electron chi connectivity index (χ2n) is 6.96. The number of halogens is 2. The Labute approximate surface area is 197 Å². The molecule has 0 aliphatic rings. The van der Waals surface area contributed by atoms with E-state index in [0.717, 1.165) is 15.1 Å². The Morgan fingerprint density at radius 1 is 1.23 bits per heavy atom. The largest absolute Gasteiger partial charge is 0.475 e. The summed E-state index contributed by atoms with van der Waals surface area (Å²) in [6.07, 6.45) is 1.49. The standard InChI is InChI=1S/C21H21BrClN3O4S/c1-4-29-19(27)21(2,3)30-18-10-9-16(11-17(18)23)31-13-26-20(28)25(12-24-26)15-7-5-14(22)6-8-15/h5-12H,4,13H2,1-3H3. The van der Waals surface area contributed by atoms with Crippen LogP contribution in [0.1, 0.15) is 20.8 Å². The maximum Gasteiger partial charge on any atom is 0.351 e. The molecule has 1 heterocycles. The maximum absolute atomic E-state index is 12.6. The number of esters is 1. The number of carbonyl (C=O) groups excluding carboxylic acids is 1. The summed E-state index contributed by atoms with van der Waals surface area (Å²) in [6.45, 7) is 5.25. The normalized spacial score (nSPS) is 11.4. The molecular weight excluding hydrogens is 506 g/mol. The molecule has 0 amide bonds. The predicted molar refractivity (Wildman–Crippen MR) is 124 cm³/mol. The third-order valence-electron chi connectivity index (χ3n) is 4.23. The third-order valence-corrected chi connectivity index (χ3v) is 6.01. The average Bonchev–Trinajstić information content (AvgIpc) is 3.09. The van der Waals surface area contributed by atoms with E-state index in [1.165, 1.54) is 27.3 Å². The number of rotatable bonds is 8. The first kappa shape index (κ1) is 23.4. The van der Waals surface area contributed by atoms with Crippen LogP contribution >= 0.6 is 39.3 Å². The molecule has 2 aromatic carbocycles. The average molecular weight is 527 g/mol. The Morgan fingerprint density at radius 2 is 1.94 bits per heavy atom. The molecule has 1 aromatic heterocycles. The summed E-state index contributed by atoms with van der Waals surface area (Å²) < 4.78 is 14.6. The van der Waals surface area contributed by atoms with Gasteiger partial charge in [-0.25, -0.2) is 18.8 Å². The van der Waals surface area contributed by atoms with Gasteiger partial charge in [-0.3, -0.25) is 0 Å². The first-order valence-corrected chi connectivity index (χ1v) is 11.6. The molecule has 0 aliphatic heterocycles. The predicted octanol–water partition coefficient (Wildman–Crippen LogP) is 4.92. The lowest BCUT2D eigenvalue weighted by molar-refractivity contribution is -0.158. The summed E-state index contributed by atoms with van der Waals surface area (Å²) >= 11 is 11.1. The number of hydrogen-bond acceptors (Lipinski definition) is 6. The van der Waals surface area contributed by atoms with Crippen LogP contribution in [0.5, 0.6) is 5.75 Å². The summed E-state index contributed by atoms with van der Waals surface area (Å²) in [4.78, 5) is 25.5. The van der Waals surface area contributed by atoms with E-state index in [2.05, 4.69) is 21.0 Å². The van der Waals surface area contributed by atoms with E-state index in [4.69, 9.17) is 21.1 Å². The van der Waals surface area contributed by atoms with Crippen LogP contribution in [-0.2, 0) is 15.4 Å². The molecule has 0 fully saturated rings. The molecule has 3 rings (SSSR count). The van der Waals surface area contributed by atoms with E-state index >= 15 is 0 Å². The van der Waals surface area contributed by atoms with Gasteiger partial charge in [-0.15, -0.1) is 11.8 Å². The molecule has 0 saturated heterocycles. The quantitative estimate of drug-likeness (QED) is 0.306. The number of ether oxygens (including phenoxy) is 2. The van der Waals surface area contributed by atoms with E-state index in [1.54, 1.807) is 32.9 Å². The van der Waals surface area contributed by atoms with Crippen LogP contribution in [0.4, 0.5) is 0 Å². The molecule has 164 valence electrons. The van der Waals surface area contributed by atoms with Gasteiger partial charge in [0.15, 0.2) is 5.60 Å². The van der Waals surface area contributed by atoms with Crippen molar-refractivity contribution in [3.63, 3.8) is 0 Å². The van der Waals surface area contributed by atoms with Crippen molar-refractivity contribution < 1.29 is 14.3 Å². The molecule has 7 nitrogen and oxygen atoms in total. The Balaban J connectivity index is 1.68. The molecule has 10 heteroatoms. The van der Waals surface area contributed by atoms with E-state index in [-0.39, 0.29) is 12.3 Å². The molecule has 31 heavy (non-hydrogen) atoms. The third kappa shape index (κ3) is 5.72. The minimum Gasteiger partial charge on any atom is -0.475 e. The van der Waals surface area contributed by atoms with Crippen LogP contribution < -0.4 is 10.4 Å². The summed E-state index contributed by atoms with van der Waals surface area (Å²) in [5, 5.41) is 4.54. The highest BCUT2D eigenvalue weighted by atomic mass is 79.9. The maximum atomic E-state index is 12.6. The Bertz CT molecular complexity index is 1130. The van der Waals surface area contributed by atoms with Gasteiger partial charge in [0.05, 0.1) is 23.2 Å². The SMILES string of the molecule is CCOC(=O)C(C)(C)Oc1ccc(SCn2ncn(-c3ccc(Br)cc3)c2=O)cc1Cl. The fourth-order valence-corrected chi connectivity index (χ4v) is 3.98. The highest BCUT2D eigenvalue weighted by Crippen LogP contribution is 2.33. The highest BCUT2D eigenvalue weighted by molar-refractivity contribution is 9.10. The van der Waals surface area contributed by atoms with Gasteiger partial charge in [0.25, 0.3) is 0 Å². The minimum absolute atomic E-state index is 0.239. The first-order chi connectivity index (χ1) is 14.7. The zero-order chi connectivity index (χ0) is 22.6. The van der Waals surface area contributed by atoms with Gasteiger partial charge < -0.3 is 9.47 Å². The lowest BCUT2D eigenvalue weighted by atomic mass is 10.1. The lowest BCUT2D eigenvalue weighted by Crippen LogP contribution is -2.39. The molecule has 0 spiro atoms. The number of hydrogen-bond donors (Lipinski definition) is 0. The minimum atomic E-state index is -1.17. The topological polar surface area (TPSA) is 75.3 Å². The molecule has 0 aliphatic carbocycles. The first-order valence-electron chi connectivity index (χ1n) is 9.40. The van der Waals surface area contributed by atoms with Crippen molar-refractivity contribution in [2.45, 2.75) is 37.1 Å². The number of thioether (sulfide) groups is 1. The second kappa shape index (κ2) is 9.93. The zero-order valence-electron chi connectivity index (χ0n) is 17.2. The van der Waals surface area contributed by atoms with Crippen LogP contribution in [0.3, 0.4) is 0 Å². The van der Waals surface area contributed by atoms with Crippen molar-refractivity contribution in [2.75, 3.05) is 6.61 Å². The number of benzene rings is 2.